The molecule has 0 aromatic carbocycles. The zero-order valence-corrected chi connectivity index (χ0v) is 21.0. The molecule has 8 heteroatoms. The zero-order valence-electron chi connectivity index (χ0n) is 20.1. The molecule has 31 heavy (non-hydrogen) atoms. The van der Waals surface area contributed by atoms with Gasteiger partial charge in [-0.05, 0) is 6.42 Å². The summed E-state index contributed by atoms with van der Waals surface area (Å²) in [5.41, 5.74) is 0. The predicted octanol–water partition coefficient (Wildman–Crippen LogP) is 6.16. The SMILES string of the molecule is CCCCCCCCCCCCCCC[C@@H](OC)[C@H](COP1(=O)OCCO1)NC(C)=O. The van der Waals surface area contributed by atoms with Crippen LogP contribution in [0.25, 0.3) is 0 Å². The normalized spacial score (nSPS) is 17.5. The molecular weight excluding hydrogens is 417 g/mol. The molecular formula is C23H46NO6P. The van der Waals surface area contributed by atoms with Crippen molar-refractivity contribution in [3.63, 3.8) is 0 Å². The first-order valence-electron chi connectivity index (χ1n) is 12.3. The standard InChI is InChI=1S/C23H46NO6P/c1-4-5-6-7-8-9-10-11-12-13-14-15-16-17-23(27-3)22(24-21(2)25)20-30-31(26)28-18-19-29-31/h22-23H,4-20H2,1-3H3,(H,24,25)/t22-,23+/m0/s1. The number of amides is 1. The second kappa shape index (κ2) is 18.0. The Bertz CT molecular complexity index is 494. The maximum absolute atomic E-state index is 12.2. The molecule has 0 spiro atoms. The summed E-state index contributed by atoms with van der Waals surface area (Å²) in [4.78, 5) is 11.6. The van der Waals surface area contributed by atoms with Crippen LogP contribution in [0.3, 0.4) is 0 Å². The van der Waals surface area contributed by atoms with Crippen LogP contribution >= 0.6 is 7.82 Å². The van der Waals surface area contributed by atoms with Gasteiger partial charge in [0.05, 0.1) is 32.0 Å². The van der Waals surface area contributed by atoms with Gasteiger partial charge in [0.15, 0.2) is 0 Å². The third kappa shape index (κ3) is 14.3. The molecule has 0 saturated carbocycles. The fraction of sp³-hybridized carbons (Fsp3) is 0.957. The summed E-state index contributed by atoms with van der Waals surface area (Å²) < 4.78 is 33.3. The monoisotopic (exact) mass is 463 g/mol. The van der Waals surface area contributed by atoms with Gasteiger partial charge < -0.3 is 10.1 Å². The molecule has 1 aliphatic heterocycles. The Hall–Kier alpha value is -0.460. The largest absolute Gasteiger partial charge is 0.475 e. The van der Waals surface area contributed by atoms with E-state index >= 15 is 0 Å². The molecule has 0 unspecified atom stereocenters. The average Bonchev–Trinajstić information content (AvgIpc) is 3.18. The quantitative estimate of drug-likeness (QED) is 0.172. The molecule has 184 valence electrons. The van der Waals surface area contributed by atoms with E-state index in [2.05, 4.69) is 12.2 Å². The van der Waals surface area contributed by atoms with Crippen LogP contribution in [0.2, 0.25) is 0 Å². The van der Waals surface area contributed by atoms with E-state index in [4.69, 9.17) is 18.3 Å². The van der Waals surface area contributed by atoms with Crippen LogP contribution < -0.4 is 5.32 Å². The number of methoxy groups -OCH3 is 1. The zero-order chi connectivity index (χ0) is 22.8. The molecule has 1 aliphatic rings. The molecule has 0 aromatic heterocycles. The third-order valence-corrected chi connectivity index (χ3v) is 7.19. The molecule has 1 saturated heterocycles. The van der Waals surface area contributed by atoms with Crippen molar-refractivity contribution >= 4 is 13.7 Å². The van der Waals surface area contributed by atoms with Crippen LogP contribution in [0.15, 0.2) is 0 Å². The second-order valence-corrected chi connectivity index (χ2v) is 10.2. The summed E-state index contributed by atoms with van der Waals surface area (Å²) >= 11 is 0. The number of nitrogens with one attached hydrogen (secondary N) is 1. The van der Waals surface area contributed by atoms with E-state index in [9.17, 15) is 9.36 Å². The van der Waals surface area contributed by atoms with Gasteiger partial charge in [0.25, 0.3) is 0 Å². The van der Waals surface area contributed by atoms with E-state index in [1.165, 1.54) is 77.6 Å². The van der Waals surface area contributed by atoms with Gasteiger partial charge in [0, 0.05) is 14.0 Å². The van der Waals surface area contributed by atoms with Crippen molar-refractivity contribution in [2.24, 2.45) is 0 Å². The van der Waals surface area contributed by atoms with Crippen molar-refractivity contribution in [2.75, 3.05) is 26.9 Å². The highest BCUT2D eigenvalue weighted by atomic mass is 31.2. The highest BCUT2D eigenvalue weighted by Gasteiger charge is 2.34. The predicted molar refractivity (Wildman–Crippen MR) is 124 cm³/mol. The van der Waals surface area contributed by atoms with E-state index in [1.54, 1.807) is 7.11 Å². The lowest BCUT2D eigenvalue weighted by Gasteiger charge is -2.27. The van der Waals surface area contributed by atoms with E-state index in [0.29, 0.717) is 0 Å². The van der Waals surface area contributed by atoms with E-state index in [-0.39, 0.29) is 31.8 Å². The number of phosphoric acid groups is 1. The van der Waals surface area contributed by atoms with E-state index < -0.39 is 13.9 Å². The fourth-order valence-corrected chi connectivity index (χ4v) is 5.09. The smallest absolute Gasteiger partial charge is 0.379 e. The van der Waals surface area contributed by atoms with Crippen LogP contribution in [-0.2, 0) is 27.7 Å². The minimum Gasteiger partial charge on any atom is -0.379 e. The molecule has 1 fully saturated rings. The second-order valence-electron chi connectivity index (χ2n) is 8.52. The van der Waals surface area contributed by atoms with Gasteiger partial charge in [-0.25, -0.2) is 4.57 Å². The Morgan fingerprint density at radius 2 is 1.39 bits per heavy atom. The van der Waals surface area contributed by atoms with Crippen molar-refractivity contribution in [1.82, 2.24) is 5.32 Å². The number of rotatable bonds is 20. The van der Waals surface area contributed by atoms with Crippen LogP contribution in [0.4, 0.5) is 0 Å². The third-order valence-electron chi connectivity index (χ3n) is 5.73. The molecule has 7 nitrogen and oxygen atoms in total. The van der Waals surface area contributed by atoms with Gasteiger partial charge in [-0.15, -0.1) is 0 Å². The summed E-state index contributed by atoms with van der Waals surface area (Å²) in [6.07, 6.45) is 17.6. The van der Waals surface area contributed by atoms with E-state index in [1.807, 2.05) is 0 Å². The Morgan fingerprint density at radius 3 is 1.84 bits per heavy atom. The van der Waals surface area contributed by atoms with Gasteiger partial charge >= 0.3 is 7.82 Å². The van der Waals surface area contributed by atoms with Gasteiger partial charge in [-0.2, -0.15) is 0 Å². The molecule has 0 aromatic rings. The lowest BCUT2D eigenvalue weighted by atomic mass is 10.0. The lowest BCUT2D eigenvalue weighted by Crippen LogP contribution is -2.46. The summed E-state index contributed by atoms with van der Waals surface area (Å²) in [7, 11) is -1.85. The van der Waals surface area contributed by atoms with Gasteiger partial charge in [-0.3, -0.25) is 18.4 Å². The summed E-state index contributed by atoms with van der Waals surface area (Å²) in [6.45, 7) is 4.27. The molecule has 1 N–H and O–H groups in total. The van der Waals surface area contributed by atoms with Gasteiger partial charge in [-0.1, -0.05) is 90.4 Å². The number of hydrogen-bond donors (Lipinski definition) is 1. The lowest BCUT2D eigenvalue weighted by molar-refractivity contribution is -0.121. The van der Waals surface area contributed by atoms with Crippen molar-refractivity contribution < 1.29 is 27.7 Å². The number of ether oxygens (including phenoxy) is 1. The molecule has 1 rings (SSSR count). The minimum atomic E-state index is -3.48. The molecule has 0 radical (unpaired) electrons. The highest BCUT2D eigenvalue weighted by Crippen LogP contribution is 2.52. The average molecular weight is 464 g/mol. The number of phosphoric ester groups is 1. The maximum atomic E-state index is 12.2. The van der Waals surface area contributed by atoms with Crippen LogP contribution in [0.1, 0.15) is 104 Å². The fourth-order valence-electron chi connectivity index (χ4n) is 3.93. The Kier molecular flexibility index (Phi) is 16.6. The Balaban J connectivity index is 2.14. The topological polar surface area (TPSA) is 83.1 Å². The summed E-state index contributed by atoms with van der Waals surface area (Å²) in [5, 5.41) is 2.85. The number of unbranched alkanes of at least 4 members (excludes halogenated alkanes) is 12. The Labute approximate surface area is 189 Å². The minimum absolute atomic E-state index is 0.0355. The van der Waals surface area contributed by atoms with E-state index in [0.717, 1.165) is 19.3 Å². The van der Waals surface area contributed by atoms with Gasteiger partial charge in [0.1, 0.15) is 0 Å². The molecule has 0 aliphatic carbocycles. The highest BCUT2D eigenvalue weighted by molar-refractivity contribution is 7.48. The molecule has 1 heterocycles. The number of carbonyl (C=O) groups is 1. The van der Waals surface area contributed by atoms with Crippen molar-refractivity contribution in [2.45, 2.75) is 116 Å². The summed E-state index contributed by atoms with van der Waals surface area (Å²) in [5.74, 6) is -0.174. The Morgan fingerprint density at radius 1 is 0.903 bits per heavy atom. The van der Waals surface area contributed by atoms with Crippen LogP contribution in [-0.4, -0.2) is 45.0 Å². The van der Waals surface area contributed by atoms with Crippen molar-refractivity contribution in [3.05, 3.63) is 0 Å². The van der Waals surface area contributed by atoms with Crippen LogP contribution in [0.5, 0.6) is 0 Å². The van der Waals surface area contributed by atoms with Crippen LogP contribution in [0, 0.1) is 0 Å². The number of carbonyl (C=O) groups excluding carboxylic acids is 1. The molecule has 2 atom stereocenters. The number of hydrogen-bond acceptors (Lipinski definition) is 6. The first-order chi connectivity index (χ1) is 15.0. The summed E-state index contributed by atoms with van der Waals surface area (Å²) in [6, 6.07) is -0.390. The molecule has 0 bridgehead atoms. The maximum Gasteiger partial charge on any atom is 0.475 e. The van der Waals surface area contributed by atoms with Crippen molar-refractivity contribution in [3.8, 4) is 0 Å². The van der Waals surface area contributed by atoms with Crippen molar-refractivity contribution in [1.29, 1.82) is 0 Å². The molecule has 1 amide bonds. The first kappa shape index (κ1) is 28.6. The van der Waals surface area contributed by atoms with Gasteiger partial charge in [0.2, 0.25) is 5.91 Å². The first-order valence-corrected chi connectivity index (χ1v) is 13.8.